The number of para-hydroxylation sites is 1. The molecule has 0 radical (unpaired) electrons. The van der Waals surface area contributed by atoms with Gasteiger partial charge in [-0.25, -0.2) is 0 Å². The lowest BCUT2D eigenvalue weighted by Crippen LogP contribution is -2.30. The Morgan fingerprint density at radius 2 is 1.95 bits per heavy atom. The molecule has 20 heavy (non-hydrogen) atoms. The van der Waals surface area contributed by atoms with E-state index in [9.17, 15) is 4.79 Å². The molecule has 1 aliphatic carbocycles. The molecule has 4 rings (SSSR count). The van der Waals surface area contributed by atoms with Gasteiger partial charge in [0, 0.05) is 23.5 Å². The maximum Gasteiger partial charge on any atom is 0.249 e. The van der Waals surface area contributed by atoms with E-state index in [4.69, 9.17) is 12.2 Å². The van der Waals surface area contributed by atoms with E-state index in [0.29, 0.717) is 11.5 Å². The molecule has 3 N–H and O–H groups in total. The van der Waals surface area contributed by atoms with Crippen LogP contribution in [0, 0.1) is 0 Å². The molecule has 1 aliphatic heterocycles. The Bertz CT molecular complexity index is 645. The Balaban J connectivity index is 0.000000358. The molecular weight excluding hydrogens is 270 g/mol. The van der Waals surface area contributed by atoms with Gasteiger partial charge in [-0.1, -0.05) is 37.5 Å². The van der Waals surface area contributed by atoms with Crippen LogP contribution in [0.2, 0.25) is 0 Å². The number of H-pyrrole nitrogens is 1. The first-order chi connectivity index (χ1) is 9.74. The molecule has 0 spiro atoms. The number of hydrogen-bond donors (Lipinski definition) is 3. The van der Waals surface area contributed by atoms with Crippen molar-refractivity contribution in [1.82, 2.24) is 15.6 Å². The van der Waals surface area contributed by atoms with E-state index in [-0.39, 0.29) is 11.9 Å². The summed E-state index contributed by atoms with van der Waals surface area (Å²) in [5.74, 6) is -0.0553. The number of fused-ring (bicyclic) bond motifs is 1. The van der Waals surface area contributed by atoms with Crippen molar-refractivity contribution in [3.05, 3.63) is 36.0 Å². The summed E-state index contributed by atoms with van der Waals surface area (Å²) in [5.41, 5.74) is 2.21. The molecule has 2 aliphatic rings. The minimum absolute atomic E-state index is 0.0553. The number of aromatic amines is 1. The highest BCUT2D eigenvalue weighted by molar-refractivity contribution is 7.80. The Morgan fingerprint density at radius 1 is 1.20 bits per heavy atom. The van der Waals surface area contributed by atoms with Gasteiger partial charge in [0.15, 0.2) is 5.11 Å². The zero-order chi connectivity index (χ0) is 13.9. The van der Waals surface area contributed by atoms with E-state index in [1.165, 1.54) is 19.3 Å². The molecule has 4 nitrogen and oxygen atoms in total. The Hall–Kier alpha value is -1.88. The molecule has 1 aromatic heterocycles. The van der Waals surface area contributed by atoms with E-state index in [2.05, 4.69) is 15.6 Å². The van der Waals surface area contributed by atoms with Crippen LogP contribution in [0.1, 0.15) is 24.8 Å². The SMILES string of the molecule is C1CC1.O=C1NC(=S)NC1Cc1c[nH]c2ccccc12. The predicted molar refractivity (Wildman–Crippen MR) is 83.5 cm³/mol. The Morgan fingerprint density at radius 3 is 2.60 bits per heavy atom. The summed E-state index contributed by atoms with van der Waals surface area (Å²) in [7, 11) is 0. The van der Waals surface area contributed by atoms with Gasteiger partial charge in [0.1, 0.15) is 6.04 Å². The summed E-state index contributed by atoms with van der Waals surface area (Å²) in [6, 6.07) is 7.78. The van der Waals surface area contributed by atoms with Crippen molar-refractivity contribution in [1.29, 1.82) is 0 Å². The van der Waals surface area contributed by atoms with Crippen molar-refractivity contribution in [2.24, 2.45) is 0 Å². The molecule has 0 bridgehead atoms. The number of benzene rings is 1. The number of nitrogens with one attached hydrogen (secondary N) is 3. The normalized spacial score (nSPS) is 20.1. The molecule has 104 valence electrons. The molecule has 2 fully saturated rings. The second kappa shape index (κ2) is 5.63. The van der Waals surface area contributed by atoms with E-state index in [1.807, 2.05) is 30.5 Å². The van der Waals surface area contributed by atoms with Crippen LogP contribution in [0.5, 0.6) is 0 Å². The second-order valence-electron chi connectivity index (χ2n) is 5.14. The van der Waals surface area contributed by atoms with Crippen LogP contribution in [0.15, 0.2) is 30.5 Å². The monoisotopic (exact) mass is 287 g/mol. The fourth-order valence-corrected chi connectivity index (χ4v) is 2.37. The summed E-state index contributed by atoms with van der Waals surface area (Å²) in [6.07, 6.45) is 7.08. The molecule has 1 saturated carbocycles. The number of hydrogen-bond acceptors (Lipinski definition) is 2. The lowest BCUT2D eigenvalue weighted by Gasteiger charge is -2.06. The predicted octanol–water partition coefficient (Wildman–Crippen LogP) is 2.25. The summed E-state index contributed by atoms with van der Waals surface area (Å²) in [5, 5.41) is 7.13. The number of rotatable bonds is 2. The number of carbonyl (C=O) groups excluding carboxylic acids is 1. The highest BCUT2D eigenvalue weighted by atomic mass is 32.1. The maximum absolute atomic E-state index is 11.6. The molecule has 5 heteroatoms. The topological polar surface area (TPSA) is 56.9 Å². The first kappa shape index (κ1) is 13.1. The van der Waals surface area contributed by atoms with E-state index >= 15 is 0 Å². The highest BCUT2D eigenvalue weighted by Gasteiger charge is 2.27. The van der Waals surface area contributed by atoms with Gasteiger partial charge in [-0.2, -0.15) is 0 Å². The fourth-order valence-electron chi connectivity index (χ4n) is 2.12. The van der Waals surface area contributed by atoms with Crippen LogP contribution in [0.25, 0.3) is 10.9 Å². The zero-order valence-electron chi connectivity index (χ0n) is 11.1. The molecule has 1 unspecified atom stereocenters. The minimum Gasteiger partial charge on any atom is -0.361 e. The van der Waals surface area contributed by atoms with Crippen molar-refractivity contribution >= 4 is 34.1 Å². The van der Waals surface area contributed by atoms with Crippen LogP contribution in [-0.4, -0.2) is 22.0 Å². The van der Waals surface area contributed by atoms with E-state index in [1.54, 1.807) is 0 Å². The quantitative estimate of drug-likeness (QED) is 0.743. The number of carbonyl (C=O) groups is 1. The Kier molecular flexibility index (Phi) is 3.69. The Labute approximate surface area is 122 Å². The van der Waals surface area contributed by atoms with Gasteiger partial charge in [-0.05, 0) is 23.8 Å². The summed E-state index contributed by atoms with van der Waals surface area (Å²) in [4.78, 5) is 14.8. The lowest BCUT2D eigenvalue weighted by molar-refractivity contribution is -0.120. The van der Waals surface area contributed by atoms with Crippen molar-refractivity contribution in [3.63, 3.8) is 0 Å². The van der Waals surface area contributed by atoms with Crippen molar-refractivity contribution in [2.45, 2.75) is 31.7 Å². The van der Waals surface area contributed by atoms with Gasteiger partial charge in [0.2, 0.25) is 5.91 Å². The number of aromatic nitrogens is 1. The third-order valence-electron chi connectivity index (χ3n) is 3.31. The van der Waals surface area contributed by atoms with Crippen LogP contribution in [0.3, 0.4) is 0 Å². The standard InChI is InChI=1S/C12H11N3OS.C3H6/c16-11-10(14-12(17)15-11)5-7-6-13-9-4-2-1-3-8(7)9;1-2-3-1/h1-4,6,10,13H,5H2,(H2,14,15,16,17);1-3H2. The van der Waals surface area contributed by atoms with Gasteiger partial charge < -0.3 is 15.6 Å². The third-order valence-corrected chi connectivity index (χ3v) is 3.53. The molecular formula is C15H17N3OS. The van der Waals surface area contributed by atoms with Crippen molar-refractivity contribution in [2.75, 3.05) is 0 Å². The van der Waals surface area contributed by atoms with Crippen LogP contribution < -0.4 is 10.6 Å². The first-order valence-electron chi connectivity index (χ1n) is 6.90. The zero-order valence-corrected chi connectivity index (χ0v) is 11.9. The average Bonchev–Trinajstić information content (AvgIpc) is 3.22. The number of amides is 1. The smallest absolute Gasteiger partial charge is 0.249 e. The van der Waals surface area contributed by atoms with Crippen LogP contribution >= 0.6 is 12.2 Å². The minimum atomic E-state index is -0.262. The van der Waals surface area contributed by atoms with Crippen molar-refractivity contribution < 1.29 is 4.79 Å². The van der Waals surface area contributed by atoms with Crippen molar-refractivity contribution in [3.8, 4) is 0 Å². The second-order valence-corrected chi connectivity index (χ2v) is 5.55. The lowest BCUT2D eigenvalue weighted by atomic mass is 10.1. The van der Waals surface area contributed by atoms with Crippen LogP contribution in [0.4, 0.5) is 0 Å². The summed E-state index contributed by atoms with van der Waals surface area (Å²) in [6.45, 7) is 0. The summed E-state index contributed by atoms with van der Waals surface area (Å²) >= 11 is 4.91. The molecule has 1 atom stereocenters. The van der Waals surface area contributed by atoms with Gasteiger partial charge in [0.05, 0.1) is 0 Å². The first-order valence-corrected chi connectivity index (χ1v) is 7.31. The molecule has 2 heterocycles. The fraction of sp³-hybridized carbons (Fsp3) is 0.333. The number of thiocarbonyl (C=S) groups is 1. The molecule has 1 saturated heterocycles. The summed E-state index contributed by atoms with van der Waals surface area (Å²) < 4.78 is 0. The largest absolute Gasteiger partial charge is 0.361 e. The molecule has 1 aromatic carbocycles. The van der Waals surface area contributed by atoms with Crippen LogP contribution in [-0.2, 0) is 11.2 Å². The molecule has 2 aromatic rings. The highest BCUT2D eigenvalue weighted by Crippen LogP contribution is 2.19. The average molecular weight is 287 g/mol. The molecule has 1 amide bonds. The van der Waals surface area contributed by atoms with E-state index < -0.39 is 0 Å². The van der Waals surface area contributed by atoms with Gasteiger partial charge in [-0.15, -0.1) is 0 Å². The maximum atomic E-state index is 11.6. The van der Waals surface area contributed by atoms with Gasteiger partial charge in [-0.3, -0.25) is 4.79 Å². The van der Waals surface area contributed by atoms with E-state index in [0.717, 1.165) is 16.5 Å². The van der Waals surface area contributed by atoms with Gasteiger partial charge in [0.25, 0.3) is 0 Å². The third kappa shape index (κ3) is 2.99. The van der Waals surface area contributed by atoms with Gasteiger partial charge >= 0.3 is 0 Å².